The lowest BCUT2D eigenvalue weighted by molar-refractivity contribution is 0.0993. The van der Waals surface area contributed by atoms with Crippen LogP contribution < -0.4 is 0 Å². The van der Waals surface area contributed by atoms with Gasteiger partial charge in [0.1, 0.15) is 5.75 Å². The van der Waals surface area contributed by atoms with E-state index in [4.69, 9.17) is 0 Å². The lowest BCUT2D eigenvalue weighted by Crippen LogP contribution is -2.03. The summed E-state index contributed by atoms with van der Waals surface area (Å²) < 4.78 is 0. The second-order valence-electron chi connectivity index (χ2n) is 4.71. The first-order valence-corrected chi connectivity index (χ1v) is 6.59. The highest BCUT2D eigenvalue weighted by Crippen LogP contribution is 2.13. The topological polar surface area (TPSA) is 37.3 Å². The van der Waals surface area contributed by atoms with Gasteiger partial charge in [-0.15, -0.1) is 0 Å². The number of carbonyl (C=O) groups is 1. The van der Waals surface area contributed by atoms with E-state index in [1.807, 2.05) is 24.3 Å². The summed E-state index contributed by atoms with van der Waals surface area (Å²) in [4.78, 5) is 12.1. The third-order valence-electron chi connectivity index (χ3n) is 3.12. The van der Waals surface area contributed by atoms with Crippen LogP contribution in [0.15, 0.2) is 48.5 Å². The predicted molar refractivity (Wildman–Crippen MR) is 76.6 cm³/mol. The van der Waals surface area contributed by atoms with E-state index in [2.05, 4.69) is 6.92 Å². The quantitative estimate of drug-likeness (QED) is 0.825. The van der Waals surface area contributed by atoms with E-state index >= 15 is 0 Å². The van der Waals surface area contributed by atoms with Crippen molar-refractivity contribution in [2.45, 2.75) is 26.2 Å². The number of rotatable bonds is 5. The van der Waals surface area contributed by atoms with Gasteiger partial charge in [0.05, 0.1) is 0 Å². The summed E-state index contributed by atoms with van der Waals surface area (Å²) in [5.74, 6) is 0.328. The number of aryl methyl sites for hydroxylation is 1. The fraction of sp³-hybridized carbons (Fsp3) is 0.235. The van der Waals surface area contributed by atoms with Crippen LogP contribution >= 0.6 is 0 Å². The maximum absolute atomic E-state index is 12.1. The van der Waals surface area contributed by atoms with Crippen molar-refractivity contribution in [2.75, 3.05) is 0 Å². The highest BCUT2D eigenvalue weighted by Gasteiger charge is 2.07. The Morgan fingerprint density at radius 2 is 1.53 bits per heavy atom. The molecule has 0 heterocycles. The molecule has 0 aliphatic rings. The Labute approximate surface area is 113 Å². The summed E-state index contributed by atoms with van der Waals surface area (Å²) >= 11 is 0. The van der Waals surface area contributed by atoms with Crippen LogP contribution in [0, 0.1) is 0 Å². The van der Waals surface area contributed by atoms with Crippen LogP contribution in [0.25, 0.3) is 0 Å². The minimum Gasteiger partial charge on any atom is -0.508 e. The fourth-order valence-electron chi connectivity index (χ4n) is 2.05. The molecule has 0 bridgehead atoms. The summed E-state index contributed by atoms with van der Waals surface area (Å²) in [5, 5.41) is 9.20. The van der Waals surface area contributed by atoms with Crippen molar-refractivity contribution in [1.29, 1.82) is 0 Å². The molecule has 98 valence electrons. The van der Waals surface area contributed by atoms with Crippen LogP contribution in [0.3, 0.4) is 0 Å². The summed E-state index contributed by atoms with van der Waals surface area (Å²) in [7, 11) is 0. The normalized spacial score (nSPS) is 10.4. The number of hydrogen-bond donors (Lipinski definition) is 1. The Morgan fingerprint density at radius 1 is 0.947 bits per heavy atom. The second kappa shape index (κ2) is 6.19. The molecule has 0 unspecified atom stereocenters. The zero-order valence-electron chi connectivity index (χ0n) is 11.1. The van der Waals surface area contributed by atoms with E-state index in [1.165, 1.54) is 5.56 Å². The lowest BCUT2D eigenvalue weighted by atomic mass is 10.0. The molecule has 0 aromatic heterocycles. The molecule has 0 saturated carbocycles. The number of phenols is 1. The minimum atomic E-state index is 0.105. The number of phenolic OH excluding ortho intramolecular Hbond substituents is 1. The fourth-order valence-corrected chi connectivity index (χ4v) is 2.05. The molecule has 2 aromatic carbocycles. The third kappa shape index (κ3) is 3.68. The maximum Gasteiger partial charge on any atom is 0.167 e. The van der Waals surface area contributed by atoms with Gasteiger partial charge in [-0.1, -0.05) is 49.7 Å². The first kappa shape index (κ1) is 13.3. The number of aromatic hydroxyl groups is 1. The van der Waals surface area contributed by atoms with Crippen LogP contribution in [-0.2, 0) is 12.8 Å². The molecule has 0 atom stereocenters. The second-order valence-corrected chi connectivity index (χ2v) is 4.71. The first-order valence-electron chi connectivity index (χ1n) is 6.59. The lowest BCUT2D eigenvalue weighted by Gasteiger charge is -2.04. The maximum atomic E-state index is 12.1. The number of benzene rings is 2. The molecule has 0 aliphatic carbocycles. The van der Waals surface area contributed by atoms with E-state index in [0.717, 1.165) is 24.0 Å². The van der Waals surface area contributed by atoms with Crippen molar-refractivity contribution in [3.05, 3.63) is 65.2 Å². The monoisotopic (exact) mass is 254 g/mol. The van der Waals surface area contributed by atoms with Gasteiger partial charge < -0.3 is 5.11 Å². The number of Topliss-reactive ketones (excluding diaryl/α,β-unsaturated/α-hetero) is 1. The predicted octanol–water partition coefficient (Wildman–Crippen LogP) is 3.77. The van der Waals surface area contributed by atoms with E-state index in [-0.39, 0.29) is 11.5 Å². The Kier molecular flexibility index (Phi) is 4.35. The molecule has 1 N–H and O–H groups in total. The molecule has 0 saturated heterocycles. The molecular formula is C17H18O2. The van der Waals surface area contributed by atoms with Crippen LogP contribution in [0.2, 0.25) is 0 Å². The van der Waals surface area contributed by atoms with Gasteiger partial charge in [-0.3, -0.25) is 4.79 Å². The van der Waals surface area contributed by atoms with E-state index in [9.17, 15) is 9.90 Å². The molecule has 0 aliphatic heterocycles. The molecule has 2 nitrogen and oxygen atoms in total. The van der Waals surface area contributed by atoms with Crippen LogP contribution in [0.5, 0.6) is 5.75 Å². The van der Waals surface area contributed by atoms with Crippen LogP contribution in [0.1, 0.15) is 34.8 Å². The van der Waals surface area contributed by atoms with E-state index in [1.54, 1.807) is 24.3 Å². The summed E-state index contributed by atoms with van der Waals surface area (Å²) in [6.45, 7) is 2.14. The average molecular weight is 254 g/mol. The first-order chi connectivity index (χ1) is 9.19. The Bertz CT molecular complexity index is 538. The third-order valence-corrected chi connectivity index (χ3v) is 3.12. The summed E-state index contributed by atoms with van der Waals surface area (Å²) in [5.41, 5.74) is 2.93. The van der Waals surface area contributed by atoms with Crippen molar-refractivity contribution in [1.82, 2.24) is 0 Å². The molecule has 19 heavy (non-hydrogen) atoms. The van der Waals surface area contributed by atoms with Crippen molar-refractivity contribution >= 4 is 5.78 Å². The highest BCUT2D eigenvalue weighted by atomic mass is 16.3. The molecule has 2 heteroatoms. The smallest absolute Gasteiger partial charge is 0.167 e. The molecule has 0 amide bonds. The van der Waals surface area contributed by atoms with Gasteiger partial charge in [0, 0.05) is 12.0 Å². The van der Waals surface area contributed by atoms with Gasteiger partial charge in [-0.2, -0.15) is 0 Å². The van der Waals surface area contributed by atoms with E-state index in [0.29, 0.717) is 6.42 Å². The van der Waals surface area contributed by atoms with Crippen molar-refractivity contribution in [2.24, 2.45) is 0 Å². The van der Waals surface area contributed by atoms with Crippen molar-refractivity contribution in [3.8, 4) is 5.75 Å². The van der Waals surface area contributed by atoms with Crippen LogP contribution in [-0.4, -0.2) is 10.9 Å². The number of hydrogen-bond acceptors (Lipinski definition) is 2. The average Bonchev–Trinajstić information content (AvgIpc) is 2.42. The van der Waals surface area contributed by atoms with Gasteiger partial charge in [0.15, 0.2) is 5.78 Å². The zero-order chi connectivity index (χ0) is 13.7. The van der Waals surface area contributed by atoms with Crippen molar-refractivity contribution < 1.29 is 9.90 Å². The standard InChI is InChI=1S/C17H18O2/c1-2-3-13-4-8-15(9-5-13)17(19)12-14-6-10-16(18)11-7-14/h4-11,18H,2-3,12H2,1H3. The Balaban J connectivity index is 2.05. The molecular weight excluding hydrogens is 236 g/mol. The summed E-state index contributed by atoms with van der Waals surface area (Å²) in [6, 6.07) is 14.6. The van der Waals surface area contributed by atoms with Crippen molar-refractivity contribution in [3.63, 3.8) is 0 Å². The molecule has 2 aromatic rings. The summed E-state index contributed by atoms with van der Waals surface area (Å²) in [6.07, 6.45) is 2.53. The largest absolute Gasteiger partial charge is 0.508 e. The van der Waals surface area contributed by atoms with Gasteiger partial charge in [0.25, 0.3) is 0 Å². The SMILES string of the molecule is CCCc1ccc(C(=O)Cc2ccc(O)cc2)cc1. The van der Waals surface area contributed by atoms with Crippen LogP contribution in [0.4, 0.5) is 0 Å². The van der Waals surface area contributed by atoms with Gasteiger partial charge in [0.2, 0.25) is 0 Å². The Hall–Kier alpha value is -2.09. The molecule has 2 rings (SSSR count). The molecule has 0 fully saturated rings. The highest BCUT2D eigenvalue weighted by molar-refractivity contribution is 5.97. The Morgan fingerprint density at radius 3 is 2.11 bits per heavy atom. The molecule has 0 radical (unpaired) electrons. The van der Waals surface area contributed by atoms with Gasteiger partial charge in [-0.05, 0) is 29.7 Å². The van der Waals surface area contributed by atoms with Gasteiger partial charge >= 0.3 is 0 Å². The number of carbonyl (C=O) groups excluding carboxylic acids is 1. The van der Waals surface area contributed by atoms with Gasteiger partial charge in [-0.25, -0.2) is 0 Å². The zero-order valence-corrected chi connectivity index (χ0v) is 11.1. The van der Waals surface area contributed by atoms with E-state index < -0.39 is 0 Å². The number of ketones is 1. The molecule has 0 spiro atoms. The minimum absolute atomic E-state index is 0.105.